The van der Waals surface area contributed by atoms with Crippen molar-refractivity contribution in [2.75, 3.05) is 13.1 Å². The molecule has 0 atom stereocenters. The van der Waals surface area contributed by atoms with Crippen molar-refractivity contribution in [1.29, 1.82) is 0 Å². The van der Waals surface area contributed by atoms with Gasteiger partial charge < -0.3 is 9.64 Å². The van der Waals surface area contributed by atoms with Crippen LogP contribution in [0.5, 0.6) is 5.19 Å². The van der Waals surface area contributed by atoms with E-state index >= 15 is 0 Å². The lowest BCUT2D eigenvalue weighted by Gasteiger charge is -2.31. The van der Waals surface area contributed by atoms with Gasteiger partial charge in [-0.25, -0.2) is 4.98 Å². The van der Waals surface area contributed by atoms with E-state index in [1.165, 1.54) is 18.3 Å². The SMILES string of the molecule is CC(=O)c1ccc(C(=O)N2CCC(Oc3nc4c(Cl)cccc4s3)CC2)cc1. The number of Topliss-reactive ketones (excluding diaryl/α,β-unsaturated/α-hetero) is 1. The first-order valence-corrected chi connectivity index (χ1v) is 10.3. The fraction of sp³-hybridized carbons (Fsp3) is 0.286. The van der Waals surface area contributed by atoms with Crippen LogP contribution in [0, 0.1) is 0 Å². The van der Waals surface area contributed by atoms with Crippen LogP contribution in [0.25, 0.3) is 10.2 Å². The zero-order valence-electron chi connectivity index (χ0n) is 15.4. The summed E-state index contributed by atoms with van der Waals surface area (Å²) < 4.78 is 7.05. The van der Waals surface area contributed by atoms with Crippen molar-refractivity contribution in [2.24, 2.45) is 0 Å². The molecule has 5 nitrogen and oxygen atoms in total. The molecule has 0 saturated carbocycles. The van der Waals surface area contributed by atoms with Crippen LogP contribution in [0.3, 0.4) is 0 Å². The lowest BCUT2D eigenvalue weighted by Crippen LogP contribution is -2.41. The monoisotopic (exact) mass is 414 g/mol. The van der Waals surface area contributed by atoms with Crippen LogP contribution in [0.2, 0.25) is 5.02 Å². The maximum absolute atomic E-state index is 12.7. The number of ketones is 1. The summed E-state index contributed by atoms with van der Waals surface area (Å²) in [6.45, 7) is 2.77. The van der Waals surface area contributed by atoms with Gasteiger partial charge in [-0.15, -0.1) is 0 Å². The molecule has 1 fully saturated rings. The van der Waals surface area contributed by atoms with Crippen molar-refractivity contribution >= 4 is 44.8 Å². The molecule has 7 heteroatoms. The highest BCUT2D eigenvalue weighted by Gasteiger charge is 2.25. The lowest BCUT2D eigenvalue weighted by atomic mass is 10.0. The number of hydrogen-bond donors (Lipinski definition) is 0. The fourth-order valence-corrected chi connectivity index (χ4v) is 4.48. The molecule has 1 saturated heterocycles. The van der Waals surface area contributed by atoms with Gasteiger partial charge in [-0.3, -0.25) is 9.59 Å². The van der Waals surface area contributed by atoms with E-state index < -0.39 is 0 Å². The molecule has 2 aromatic carbocycles. The average Bonchev–Trinajstić information content (AvgIpc) is 3.12. The number of ether oxygens (including phenoxy) is 1. The molecule has 0 aliphatic carbocycles. The molecule has 3 aromatic rings. The Morgan fingerprint density at radius 2 is 1.79 bits per heavy atom. The minimum absolute atomic E-state index is 0.00639. The average molecular weight is 415 g/mol. The summed E-state index contributed by atoms with van der Waals surface area (Å²) in [4.78, 5) is 30.4. The van der Waals surface area contributed by atoms with Crippen molar-refractivity contribution in [2.45, 2.75) is 25.9 Å². The highest BCUT2D eigenvalue weighted by Crippen LogP contribution is 2.33. The third-order valence-corrected chi connectivity index (χ3v) is 6.10. The number of piperidine rings is 1. The van der Waals surface area contributed by atoms with E-state index in [9.17, 15) is 9.59 Å². The van der Waals surface area contributed by atoms with Crippen molar-refractivity contribution < 1.29 is 14.3 Å². The number of likely N-dealkylation sites (tertiary alicyclic amines) is 1. The molecule has 1 aromatic heterocycles. The van der Waals surface area contributed by atoms with Gasteiger partial charge in [0.15, 0.2) is 5.78 Å². The number of rotatable bonds is 4. The Morgan fingerprint density at radius 3 is 2.43 bits per heavy atom. The van der Waals surface area contributed by atoms with Crippen LogP contribution < -0.4 is 4.74 Å². The van der Waals surface area contributed by atoms with E-state index in [0.717, 1.165) is 23.1 Å². The van der Waals surface area contributed by atoms with E-state index in [1.54, 1.807) is 24.3 Å². The number of halogens is 1. The second-order valence-corrected chi connectivity index (χ2v) is 8.21. The topological polar surface area (TPSA) is 59.5 Å². The molecule has 2 heterocycles. The Balaban J connectivity index is 1.36. The summed E-state index contributed by atoms with van der Waals surface area (Å²) in [5.41, 5.74) is 1.98. The molecular formula is C21H19ClN2O3S. The molecule has 0 radical (unpaired) electrons. The number of nitrogens with zero attached hydrogens (tertiary/aromatic N) is 2. The van der Waals surface area contributed by atoms with Crippen molar-refractivity contribution in [3.05, 3.63) is 58.6 Å². The third-order valence-electron chi connectivity index (χ3n) is 4.89. The molecule has 0 spiro atoms. The van der Waals surface area contributed by atoms with Crippen LogP contribution in [0.15, 0.2) is 42.5 Å². The molecule has 1 amide bonds. The Bertz CT molecular complexity index is 1020. The lowest BCUT2D eigenvalue weighted by molar-refractivity contribution is 0.0595. The second-order valence-electron chi connectivity index (χ2n) is 6.81. The predicted molar refractivity (Wildman–Crippen MR) is 111 cm³/mol. The van der Waals surface area contributed by atoms with Gasteiger partial charge in [-0.2, -0.15) is 0 Å². The second kappa shape index (κ2) is 7.89. The minimum Gasteiger partial charge on any atom is -0.467 e. The third kappa shape index (κ3) is 3.88. The molecule has 0 bridgehead atoms. The van der Waals surface area contributed by atoms with Crippen LogP contribution in [-0.4, -0.2) is 40.8 Å². The van der Waals surface area contributed by atoms with Gasteiger partial charge in [0.25, 0.3) is 11.1 Å². The van der Waals surface area contributed by atoms with E-state index in [0.29, 0.717) is 34.4 Å². The highest BCUT2D eigenvalue weighted by molar-refractivity contribution is 7.20. The van der Waals surface area contributed by atoms with Gasteiger partial charge in [0.1, 0.15) is 11.6 Å². The number of fused-ring (bicyclic) bond motifs is 1. The van der Waals surface area contributed by atoms with Crippen molar-refractivity contribution in [3.8, 4) is 5.19 Å². The minimum atomic E-state index is -0.0136. The van der Waals surface area contributed by atoms with Crippen molar-refractivity contribution in [1.82, 2.24) is 9.88 Å². The molecular weight excluding hydrogens is 396 g/mol. The molecule has 0 N–H and O–H groups in total. The normalized spacial score (nSPS) is 15.0. The number of aromatic nitrogens is 1. The number of amides is 1. The predicted octanol–water partition coefficient (Wildman–Crippen LogP) is 4.84. The van der Waals surface area contributed by atoms with E-state index in [1.807, 2.05) is 23.1 Å². The molecule has 4 rings (SSSR count). The van der Waals surface area contributed by atoms with Gasteiger partial charge in [0, 0.05) is 37.1 Å². The van der Waals surface area contributed by atoms with Gasteiger partial charge in [-0.1, -0.05) is 41.1 Å². The Kier molecular flexibility index (Phi) is 5.33. The first-order chi connectivity index (χ1) is 13.5. The van der Waals surface area contributed by atoms with Gasteiger partial charge in [0.2, 0.25) is 0 Å². The summed E-state index contributed by atoms with van der Waals surface area (Å²) in [5, 5.41) is 1.24. The fourth-order valence-electron chi connectivity index (χ4n) is 3.29. The Labute approximate surface area is 171 Å². The number of carbonyl (C=O) groups is 2. The standard InChI is InChI=1S/C21H19ClN2O3S/c1-13(25)14-5-7-15(8-6-14)20(26)24-11-9-16(10-12-24)27-21-23-19-17(22)3-2-4-18(19)28-21/h2-8,16H,9-12H2,1H3. The quantitative estimate of drug-likeness (QED) is 0.573. The molecule has 28 heavy (non-hydrogen) atoms. The summed E-state index contributed by atoms with van der Waals surface area (Å²) >= 11 is 7.66. The Morgan fingerprint density at radius 1 is 1.11 bits per heavy atom. The van der Waals surface area contributed by atoms with Crippen LogP contribution in [0.1, 0.15) is 40.5 Å². The van der Waals surface area contributed by atoms with Gasteiger partial charge in [-0.05, 0) is 31.2 Å². The largest absolute Gasteiger partial charge is 0.467 e. The van der Waals surface area contributed by atoms with Crippen molar-refractivity contribution in [3.63, 3.8) is 0 Å². The first kappa shape index (κ1) is 18.9. The maximum Gasteiger partial charge on any atom is 0.274 e. The number of thiazole rings is 1. The Hall–Kier alpha value is -2.44. The zero-order valence-corrected chi connectivity index (χ0v) is 16.9. The van der Waals surface area contributed by atoms with E-state index in [2.05, 4.69) is 4.98 Å². The molecule has 1 aliphatic heterocycles. The van der Waals surface area contributed by atoms with Crippen LogP contribution in [-0.2, 0) is 0 Å². The van der Waals surface area contributed by atoms with E-state index in [4.69, 9.17) is 16.3 Å². The number of carbonyl (C=O) groups excluding carboxylic acids is 2. The molecule has 144 valence electrons. The highest BCUT2D eigenvalue weighted by atomic mass is 35.5. The smallest absolute Gasteiger partial charge is 0.274 e. The van der Waals surface area contributed by atoms with Crippen LogP contribution >= 0.6 is 22.9 Å². The summed E-state index contributed by atoms with van der Waals surface area (Å²) in [7, 11) is 0. The summed E-state index contributed by atoms with van der Waals surface area (Å²) in [5.74, 6) is -0.0200. The van der Waals surface area contributed by atoms with Gasteiger partial charge >= 0.3 is 0 Å². The van der Waals surface area contributed by atoms with Crippen LogP contribution in [0.4, 0.5) is 0 Å². The van der Waals surface area contributed by atoms with Gasteiger partial charge in [0.05, 0.1) is 9.72 Å². The molecule has 1 aliphatic rings. The summed E-state index contributed by atoms with van der Waals surface area (Å²) in [6, 6.07) is 12.5. The number of para-hydroxylation sites is 1. The first-order valence-electron chi connectivity index (χ1n) is 9.13. The zero-order chi connectivity index (χ0) is 19.7. The number of hydrogen-bond acceptors (Lipinski definition) is 5. The maximum atomic E-state index is 12.7. The molecule has 0 unspecified atom stereocenters. The number of benzene rings is 2. The summed E-state index contributed by atoms with van der Waals surface area (Å²) in [6.07, 6.45) is 1.53. The van der Waals surface area contributed by atoms with E-state index in [-0.39, 0.29) is 17.8 Å².